The molecule has 28 heavy (non-hydrogen) atoms. The van der Waals surface area contributed by atoms with Crippen LogP contribution in [0.1, 0.15) is 18.4 Å². The summed E-state index contributed by atoms with van der Waals surface area (Å²) in [6, 6.07) is 13.7. The minimum absolute atomic E-state index is 0.250. The fourth-order valence-electron chi connectivity index (χ4n) is 3.46. The molecule has 4 rings (SSSR count). The predicted octanol–water partition coefficient (Wildman–Crippen LogP) is 4.88. The molecule has 0 spiro atoms. The fourth-order valence-corrected chi connectivity index (χ4v) is 4.53. The Bertz CT molecular complexity index is 1070. The van der Waals surface area contributed by atoms with Crippen molar-refractivity contribution in [3.8, 4) is 10.6 Å². The third kappa shape index (κ3) is 3.68. The Morgan fingerprint density at radius 2 is 1.79 bits per heavy atom. The van der Waals surface area contributed by atoms with Gasteiger partial charge in [-0.1, -0.05) is 18.2 Å². The highest BCUT2D eigenvalue weighted by Crippen LogP contribution is 2.32. The number of thiazole rings is 1. The van der Waals surface area contributed by atoms with Crippen molar-refractivity contribution in [2.75, 3.05) is 5.32 Å². The minimum Gasteiger partial charge on any atom is -0.481 e. The molecule has 0 bridgehead atoms. The number of hydrogen-bond acceptors (Lipinski definition) is 4. The van der Waals surface area contributed by atoms with Gasteiger partial charge in [0.2, 0.25) is 5.91 Å². The zero-order chi connectivity index (χ0) is 19.7. The van der Waals surface area contributed by atoms with Gasteiger partial charge in [0.1, 0.15) is 5.01 Å². The molecule has 5 nitrogen and oxygen atoms in total. The molecule has 1 aliphatic carbocycles. The van der Waals surface area contributed by atoms with Crippen LogP contribution >= 0.6 is 11.3 Å². The smallest absolute Gasteiger partial charge is 0.307 e. The van der Waals surface area contributed by atoms with E-state index in [4.69, 9.17) is 0 Å². The van der Waals surface area contributed by atoms with Gasteiger partial charge in [-0.15, -0.1) is 11.3 Å². The second-order valence-electron chi connectivity index (χ2n) is 7.05. The van der Waals surface area contributed by atoms with E-state index in [-0.39, 0.29) is 5.91 Å². The maximum Gasteiger partial charge on any atom is 0.307 e. The molecule has 3 aromatic rings. The van der Waals surface area contributed by atoms with Crippen molar-refractivity contribution in [3.05, 3.63) is 60.2 Å². The normalized spacial score (nSPS) is 18.9. The Morgan fingerprint density at radius 1 is 1.07 bits per heavy atom. The Hall–Kier alpha value is -2.99. The van der Waals surface area contributed by atoms with Crippen LogP contribution in [0.3, 0.4) is 0 Å². The van der Waals surface area contributed by atoms with Gasteiger partial charge in [-0.25, -0.2) is 4.98 Å². The number of fused-ring (bicyclic) bond motifs is 1. The van der Waals surface area contributed by atoms with Gasteiger partial charge >= 0.3 is 5.97 Å². The maximum absolute atomic E-state index is 12.6. The summed E-state index contributed by atoms with van der Waals surface area (Å²) in [6.45, 7) is 2.06. The molecule has 2 atom stereocenters. The Balaban J connectivity index is 1.50. The molecule has 6 heteroatoms. The van der Waals surface area contributed by atoms with Gasteiger partial charge in [0, 0.05) is 11.3 Å². The number of carboxylic acids is 1. The average Bonchev–Trinajstić information content (AvgIpc) is 3.11. The first-order valence-corrected chi connectivity index (χ1v) is 9.99. The van der Waals surface area contributed by atoms with E-state index < -0.39 is 17.8 Å². The van der Waals surface area contributed by atoms with Gasteiger partial charge in [0.25, 0.3) is 0 Å². The number of nitrogens with zero attached hydrogens (tertiary/aromatic N) is 1. The van der Waals surface area contributed by atoms with E-state index in [1.165, 1.54) is 5.56 Å². The van der Waals surface area contributed by atoms with Crippen LogP contribution in [0.15, 0.2) is 54.6 Å². The van der Waals surface area contributed by atoms with E-state index in [0.29, 0.717) is 18.5 Å². The average molecular weight is 392 g/mol. The number of carbonyl (C=O) groups excluding carboxylic acids is 1. The zero-order valence-electron chi connectivity index (χ0n) is 15.4. The first-order chi connectivity index (χ1) is 13.5. The van der Waals surface area contributed by atoms with Crippen molar-refractivity contribution >= 4 is 39.1 Å². The molecule has 0 radical (unpaired) electrons. The van der Waals surface area contributed by atoms with Crippen molar-refractivity contribution < 1.29 is 14.7 Å². The molecule has 2 N–H and O–H groups in total. The molecular formula is C22H20N2O3S. The molecule has 0 saturated heterocycles. The van der Waals surface area contributed by atoms with Crippen LogP contribution in [-0.2, 0) is 9.59 Å². The Kier molecular flexibility index (Phi) is 4.96. The van der Waals surface area contributed by atoms with Crippen LogP contribution in [0.25, 0.3) is 20.8 Å². The van der Waals surface area contributed by atoms with Crippen LogP contribution in [0.4, 0.5) is 5.69 Å². The van der Waals surface area contributed by atoms with E-state index in [0.717, 1.165) is 20.8 Å². The van der Waals surface area contributed by atoms with Crippen molar-refractivity contribution in [1.29, 1.82) is 0 Å². The summed E-state index contributed by atoms with van der Waals surface area (Å²) >= 11 is 1.64. The first kappa shape index (κ1) is 18.4. The Morgan fingerprint density at radius 3 is 2.50 bits per heavy atom. The lowest BCUT2D eigenvalue weighted by atomic mass is 9.82. The van der Waals surface area contributed by atoms with Crippen LogP contribution in [0.5, 0.6) is 0 Å². The van der Waals surface area contributed by atoms with E-state index >= 15 is 0 Å². The number of benzene rings is 2. The molecule has 0 saturated carbocycles. The summed E-state index contributed by atoms with van der Waals surface area (Å²) in [5.41, 5.74) is 3.83. The van der Waals surface area contributed by atoms with Crippen molar-refractivity contribution in [2.45, 2.75) is 19.8 Å². The Labute approximate surface area is 166 Å². The van der Waals surface area contributed by atoms with Crippen LogP contribution in [-0.4, -0.2) is 22.0 Å². The molecule has 1 aliphatic rings. The number of carbonyl (C=O) groups is 2. The van der Waals surface area contributed by atoms with Crippen molar-refractivity contribution in [2.24, 2.45) is 11.8 Å². The largest absolute Gasteiger partial charge is 0.481 e. The van der Waals surface area contributed by atoms with Crippen molar-refractivity contribution in [1.82, 2.24) is 4.98 Å². The van der Waals surface area contributed by atoms with E-state index in [1.807, 2.05) is 42.5 Å². The molecule has 142 valence electrons. The van der Waals surface area contributed by atoms with E-state index in [2.05, 4.69) is 29.4 Å². The molecule has 0 unspecified atom stereocenters. The summed E-state index contributed by atoms with van der Waals surface area (Å²) in [5.74, 6) is -2.39. The van der Waals surface area contributed by atoms with Gasteiger partial charge in [-0.2, -0.15) is 0 Å². The maximum atomic E-state index is 12.6. The lowest BCUT2D eigenvalue weighted by Crippen LogP contribution is -2.34. The first-order valence-electron chi connectivity index (χ1n) is 9.17. The predicted molar refractivity (Wildman–Crippen MR) is 111 cm³/mol. The summed E-state index contributed by atoms with van der Waals surface area (Å²) in [4.78, 5) is 28.6. The van der Waals surface area contributed by atoms with Crippen molar-refractivity contribution in [3.63, 3.8) is 0 Å². The zero-order valence-corrected chi connectivity index (χ0v) is 16.2. The summed E-state index contributed by atoms with van der Waals surface area (Å²) in [6.07, 6.45) is 4.55. The number of rotatable bonds is 4. The number of nitrogens with one attached hydrogen (secondary N) is 1. The third-order valence-corrected chi connectivity index (χ3v) is 6.10. The number of anilines is 1. The highest BCUT2D eigenvalue weighted by atomic mass is 32.1. The number of hydrogen-bond donors (Lipinski definition) is 2. The van der Waals surface area contributed by atoms with Gasteiger partial charge < -0.3 is 10.4 Å². The number of amides is 1. The van der Waals surface area contributed by atoms with Gasteiger partial charge in [-0.3, -0.25) is 9.59 Å². The molecule has 1 heterocycles. The number of carboxylic acid groups (broad SMARTS) is 1. The minimum atomic E-state index is -0.925. The lowest BCUT2D eigenvalue weighted by molar-refractivity contribution is -0.146. The monoisotopic (exact) mass is 392 g/mol. The van der Waals surface area contributed by atoms with Crippen LogP contribution in [0.2, 0.25) is 0 Å². The summed E-state index contributed by atoms with van der Waals surface area (Å²) in [5, 5.41) is 13.1. The van der Waals surface area contributed by atoms with Crippen LogP contribution < -0.4 is 5.32 Å². The molecular weight excluding hydrogens is 372 g/mol. The van der Waals surface area contributed by atoms with Crippen LogP contribution in [0, 0.1) is 18.8 Å². The third-order valence-electron chi connectivity index (χ3n) is 5.03. The molecule has 1 amide bonds. The van der Waals surface area contributed by atoms with Gasteiger partial charge in [-0.05, 0) is 61.7 Å². The van der Waals surface area contributed by atoms with E-state index in [1.54, 1.807) is 11.3 Å². The highest BCUT2D eigenvalue weighted by molar-refractivity contribution is 7.21. The molecule has 0 aliphatic heterocycles. The highest BCUT2D eigenvalue weighted by Gasteiger charge is 2.33. The standard InChI is InChI=1S/C22H20N2O3S/c1-13-6-11-18-19(12-13)28-21(24-18)14-7-9-15(10-8-14)23-20(25)16-4-2-3-5-17(16)22(26)27/h2-3,6-12,16-17H,4-5H2,1H3,(H,23,25)(H,26,27)/t16-,17+/m0/s1. The summed E-state index contributed by atoms with van der Waals surface area (Å²) in [7, 11) is 0. The fraction of sp³-hybridized carbons (Fsp3) is 0.227. The number of aryl methyl sites for hydroxylation is 1. The number of allylic oxidation sites excluding steroid dienone is 2. The lowest BCUT2D eigenvalue weighted by Gasteiger charge is -2.24. The van der Waals surface area contributed by atoms with Gasteiger partial charge in [0.05, 0.1) is 22.1 Å². The second-order valence-corrected chi connectivity index (χ2v) is 8.08. The second kappa shape index (κ2) is 7.56. The summed E-state index contributed by atoms with van der Waals surface area (Å²) < 4.78 is 1.15. The topological polar surface area (TPSA) is 79.3 Å². The quantitative estimate of drug-likeness (QED) is 0.621. The number of aromatic nitrogens is 1. The molecule has 2 aromatic carbocycles. The SMILES string of the molecule is Cc1ccc2nc(-c3ccc(NC(=O)[C@H]4CC=CC[C@H]4C(=O)O)cc3)sc2c1. The van der Waals surface area contributed by atoms with E-state index in [9.17, 15) is 14.7 Å². The molecule has 1 aromatic heterocycles. The van der Waals surface area contributed by atoms with Gasteiger partial charge in [0.15, 0.2) is 0 Å². The number of aliphatic carboxylic acids is 1. The molecule has 0 fully saturated rings.